The molecule has 0 aliphatic carbocycles. The van der Waals surface area contributed by atoms with Crippen molar-refractivity contribution in [2.75, 3.05) is 35.8 Å². The minimum atomic E-state index is -4.67. The monoisotopic (exact) mass is 445 g/mol. The molecule has 3 rings (SSSR count). The number of nitrogens with zero attached hydrogens (tertiary/aromatic N) is 4. The van der Waals surface area contributed by atoms with Gasteiger partial charge in [-0.3, -0.25) is 4.79 Å². The van der Waals surface area contributed by atoms with Crippen LogP contribution in [0.1, 0.15) is 18.5 Å². The zero-order chi connectivity index (χ0) is 22.8. The van der Waals surface area contributed by atoms with Crippen LogP contribution in [-0.4, -0.2) is 49.2 Å². The number of hydrogen-bond donors (Lipinski definition) is 1. The second-order valence-corrected chi connectivity index (χ2v) is 7.03. The maximum atomic E-state index is 13.2. The second-order valence-electron chi connectivity index (χ2n) is 7.03. The number of rotatable bonds is 6. The van der Waals surface area contributed by atoms with Gasteiger partial charge < -0.3 is 19.9 Å². The summed E-state index contributed by atoms with van der Waals surface area (Å²) in [5.74, 6) is -0.702. The molecule has 0 bridgehead atoms. The maximum absolute atomic E-state index is 13.2. The quantitative estimate of drug-likeness (QED) is 0.683. The normalized spacial score (nSPS) is 17.1. The summed E-state index contributed by atoms with van der Waals surface area (Å²) in [6.45, 7) is -2.59. The van der Waals surface area contributed by atoms with Crippen LogP contribution in [0.15, 0.2) is 30.3 Å². The molecular weight excluding hydrogens is 425 g/mol. The zero-order valence-electron chi connectivity index (χ0n) is 16.7. The molecule has 0 spiro atoms. The standard InChI is InChI=1S/C19H20F5N5O2/c1-28(2)15-10-14(19(22,23)24)26-18(27-15)25-13-4-3-9-29(16(13)30)11-5-7-12(8-6-11)31-17(20)21/h5-8,10,13,17H,3-4,9H2,1-2H3,(H,25,26,27)/t13-/m1/s1. The molecule has 0 radical (unpaired) electrons. The van der Waals surface area contributed by atoms with E-state index >= 15 is 0 Å². The predicted molar refractivity (Wildman–Crippen MR) is 103 cm³/mol. The number of carbonyl (C=O) groups excluding carboxylic acids is 1. The van der Waals surface area contributed by atoms with Gasteiger partial charge in [-0.15, -0.1) is 0 Å². The average molecular weight is 445 g/mol. The van der Waals surface area contributed by atoms with Crippen LogP contribution in [0.3, 0.4) is 0 Å². The number of anilines is 3. The molecule has 12 heteroatoms. The van der Waals surface area contributed by atoms with Crippen molar-refractivity contribution in [1.29, 1.82) is 0 Å². The van der Waals surface area contributed by atoms with Gasteiger partial charge in [0.25, 0.3) is 0 Å². The summed E-state index contributed by atoms with van der Waals surface area (Å²) in [6, 6.07) is 5.52. The van der Waals surface area contributed by atoms with Crippen molar-refractivity contribution in [1.82, 2.24) is 9.97 Å². The lowest BCUT2D eigenvalue weighted by atomic mass is 10.0. The number of alkyl halides is 5. The van der Waals surface area contributed by atoms with Crippen molar-refractivity contribution < 1.29 is 31.5 Å². The van der Waals surface area contributed by atoms with Gasteiger partial charge in [0.2, 0.25) is 11.9 Å². The fourth-order valence-electron chi connectivity index (χ4n) is 3.10. The fraction of sp³-hybridized carbons (Fsp3) is 0.421. The lowest BCUT2D eigenvalue weighted by Gasteiger charge is -2.33. The Labute approximate surface area is 174 Å². The Hall–Kier alpha value is -3.18. The number of piperidine rings is 1. The highest BCUT2D eigenvalue weighted by Gasteiger charge is 2.35. The third-order valence-electron chi connectivity index (χ3n) is 4.58. The second kappa shape index (κ2) is 8.90. The van der Waals surface area contributed by atoms with Crippen LogP contribution < -0.4 is 19.9 Å². The Bertz CT molecular complexity index is 921. The fourth-order valence-corrected chi connectivity index (χ4v) is 3.10. The van der Waals surface area contributed by atoms with E-state index in [0.29, 0.717) is 25.1 Å². The summed E-state index contributed by atoms with van der Waals surface area (Å²) in [6.07, 6.45) is -3.73. The molecule has 1 aromatic carbocycles. The molecule has 0 unspecified atom stereocenters. The molecule has 1 N–H and O–H groups in total. The van der Waals surface area contributed by atoms with Crippen molar-refractivity contribution in [3.05, 3.63) is 36.0 Å². The first kappa shape index (κ1) is 22.5. The third-order valence-corrected chi connectivity index (χ3v) is 4.58. The van der Waals surface area contributed by atoms with Gasteiger partial charge in [-0.25, -0.2) is 4.98 Å². The molecule has 7 nitrogen and oxygen atoms in total. The summed E-state index contributed by atoms with van der Waals surface area (Å²) in [5, 5.41) is 2.71. The number of aromatic nitrogens is 2. The SMILES string of the molecule is CN(C)c1cc(C(F)(F)F)nc(N[C@@H]2CCCN(c3ccc(OC(F)F)cc3)C2=O)n1. The zero-order valence-corrected chi connectivity index (χ0v) is 16.7. The molecule has 2 heterocycles. The van der Waals surface area contributed by atoms with E-state index in [4.69, 9.17) is 0 Å². The Morgan fingerprint density at radius 3 is 2.45 bits per heavy atom. The Morgan fingerprint density at radius 1 is 1.19 bits per heavy atom. The van der Waals surface area contributed by atoms with Crippen molar-refractivity contribution in [3.8, 4) is 5.75 Å². The number of ether oxygens (including phenoxy) is 1. The minimum absolute atomic E-state index is 0.0413. The first-order chi connectivity index (χ1) is 14.5. The van der Waals surface area contributed by atoms with Gasteiger partial charge >= 0.3 is 12.8 Å². The van der Waals surface area contributed by atoms with Crippen molar-refractivity contribution in [3.63, 3.8) is 0 Å². The Kier molecular flexibility index (Phi) is 6.46. The van der Waals surface area contributed by atoms with E-state index in [-0.39, 0.29) is 23.4 Å². The van der Waals surface area contributed by atoms with Gasteiger partial charge in [-0.05, 0) is 37.1 Å². The molecule has 168 valence electrons. The van der Waals surface area contributed by atoms with Crippen LogP contribution in [0.2, 0.25) is 0 Å². The van der Waals surface area contributed by atoms with Crippen LogP contribution in [0.5, 0.6) is 5.75 Å². The predicted octanol–water partition coefficient (Wildman–Crippen LogP) is 3.77. The minimum Gasteiger partial charge on any atom is -0.435 e. The lowest BCUT2D eigenvalue weighted by Crippen LogP contribution is -2.48. The molecule has 1 saturated heterocycles. The number of hydrogen-bond acceptors (Lipinski definition) is 6. The number of benzene rings is 1. The van der Waals surface area contributed by atoms with Gasteiger partial charge in [-0.1, -0.05) is 0 Å². The topological polar surface area (TPSA) is 70.6 Å². The van der Waals surface area contributed by atoms with Gasteiger partial charge in [0.15, 0.2) is 5.69 Å². The lowest BCUT2D eigenvalue weighted by molar-refractivity contribution is -0.141. The highest BCUT2D eigenvalue weighted by Crippen LogP contribution is 2.31. The van der Waals surface area contributed by atoms with Crippen LogP contribution in [0, 0.1) is 0 Å². The molecule has 1 aromatic heterocycles. The summed E-state index contributed by atoms with van der Waals surface area (Å²) in [7, 11) is 3.09. The third kappa shape index (κ3) is 5.50. The number of carbonyl (C=O) groups is 1. The van der Waals surface area contributed by atoms with Gasteiger partial charge in [-0.2, -0.15) is 26.9 Å². The summed E-state index contributed by atoms with van der Waals surface area (Å²) in [5.41, 5.74) is -0.666. The number of amides is 1. The van der Waals surface area contributed by atoms with Gasteiger partial charge in [0, 0.05) is 32.4 Å². The van der Waals surface area contributed by atoms with Gasteiger partial charge in [0.05, 0.1) is 0 Å². The highest BCUT2D eigenvalue weighted by molar-refractivity contribution is 5.99. The number of halogens is 5. The van der Waals surface area contributed by atoms with Crippen LogP contribution in [0.25, 0.3) is 0 Å². The van der Waals surface area contributed by atoms with E-state index in [0.717, 1.165) is 6.07 Å². The highest BCUT2D eigenvalue weighted by atomic mass is 19.4. The van der Waals surface area contributed by atoms with Gasteiger partial charge in [0.1, 0.15) is 17.6 Å². The van der Waals surface area contributed by atoms with Crippen LogP contribution in [-0.2, 0) is 11.0 Å². The molecule has 1 atom stereocenters. The smallest absolute Gasteiger partial charge is 0.433 e. The van der Waals surface area contributed by atoms with E-state index in [2.05, 4.69) is 20.0 Å². The Morgan fingerprint density at radius 2 is 1.87 bits per heavy atom. The van der Waals surface area contributed by atoms with Crippen LogP contribution in [0.4, 0.5) is 39.4 Å². The van der Waals surface area contributed by atoms with E-state index in [9.17, 15) is 26.7 Å². The molecule has 0 saturated carbocycles. The van der Waals surface area contributed by atoms with Crippen molar-refractivity contribution >= 4 is 23.4 Å². The van der Waals surface area contributed by atoms with E-state index in [1.165, 1.54) is 34.1 Å². The molecule has 1 aliphatic rings. The molecule has 1 fully saturated rings. The van der Waals surface area contributed by atoms with Crippen LogP contribution >= 0.6 is 0 Å². The summed E-state index contributed by atoms with van der Waals surface area (Å²) >= 11 is 0. The molecule has 1 aliphatic heterocycles. The average Bonchev–Trinajstić information content (AvgIpc) is 2.69. The largest absolute Gasteiger partial charge is 0.435 e. The van der Waals surface area contributed by atoms with E-state index < -0.39 is 24.5 Å². The first-order valence-electron chi connectivity index (χ1n) is 9.31. The molecular formula is C19H20F5N5O2. The summed E-state index contributed by atoms with van der Waals surface area (Å²) < 4.78 is 68.5. The van der Waals surface area contributed by atoms with Crippen molar-refractivity contribution in [2.45, 2.75) is 31.7 Å². The first-order valence-corrected chi connectivity index (χ1v) is 9.31. The van der Waals surface area contributed by atoms with Crippen molar-refractivity contribution in [2.24, 2.45) is 0 Å². The maximum Gasteiger partial charge on any atom is 0.433 e. The van der Waals surface area contributed by atoms with E-state index in [1.54, 1.807) is 14.1 Å². The van der Waals surface area contributed by atoms with E-state index in [1.807, 2.05) is 0 Å². The molecule has 2 aromatic rings. The summed E-state index contributed by atoms with van der Waals surface area (Å²) in [4.78, 5) is 23.3. The molecule has 1 amide bonds. The number of nitrogens with one attached hydrogen (secondary N) is 1. The Balaban J connectivity index is 1.80. The molecule has 31 heavy (non-hydrogen) atoms.